The van der Waals surface area contributed by atoms with Crippen molar-refractivity contribution in [1.82, 2.24) is 10.6 Å². The van der Waals surface area contributed by atoms with Gasteiger partial charge in [-0.1, -0.05) is 18.2 Å². The lowest BCUT2D eigenvalue weighted by molar-refractivity contribution is 0.0926. The number of carbonyl (C=O) groups is 2. The third-order valence-electron chi connectivity index (χ3n) is 3.38. The monoisotopic (exact) mass is 328 g/mol. The highest BCUT2D eigenvalue weighted by atomic mass is 16.5. The first-order valence-electron chi connectivity index (χ1n) is 7.49. The largest absolute Gasteiger partial charge is 0.497 e. The van der Waals surface area contributed by atoms with Crippen LogP contribution in [-0.4, -0.2) is 39.1 Å². The second kappa shape index (κ2) is 8.57. The summed E-state index contributed by atoms with van der Waals surface area (Å²) in [4.78, 5) is 24.1. The molecule has 0 aliphatic carbocycles. The van der Waals surface area contributed by atoms with Gasteiger partial charge in [-0.25, -0.2) is 0 Å². The summed E-state index contributed by atoms with van der Waals surface area (Å²) < 4.78 is 10.3. The van der Waals surface area contributed by atoms with Gasteiger partial charge in [0.15, 0.2) is 0 Å². The van der Waals surface area contributed by atoms with Crippen LogP contribution in [0.3, 0.4) is 0 Å². The molecule has 6 nitrogen and oxygen atoms in total. The Morgan fingerprint density at radius 3 is 2.17 bits per heavy atom. The van der Waals surface area contributed by atoms with Gasteiger partial charge in [-0.3, -0.25) is 9.59 Å². The van der Waals surface area contributed by atoms with Crippen molar-refractivity contribution in [1.29, 1.82) is 0 Å². The van der Waals surface area contributed by atoms with Crippen LogP contribution >= 0.6 is 0 Å². The standard InChI is InChI=1S/C18H20N2O4/c1-23-14-8-9-16(24-2)15(12-14)18(22)20-11-10-19-17(21)13-6-4-3-5-7-13/h3-9,12H,10-11H2,1-2H3,(H,19,21)(H,20,22). The van der Waals surface area contributed by atoms with Gasteiger partial charge in [0.25, 0.3) is 11.8 Å². The van der Waals surface area contributed by atoms with Gasteiger partial charge in [0.1, 0.15) is 11.5 Å². The zero-order chi connectivity index (χ0) is 17.4. The number of benzene rings is 2. The van der Waals surface area contributed by atoms with Gasteiger partial charge in [-0.15, -0.1) is 0 Å². The predicted molar refractivity (Wildman–Crippen MR) is 90.7 cm³/mol. The van der Waals surface area contributed by atoms with Crippen molar-refractivity contribution >= 4 is 11.8 Å². The zero-order valence-corrected chi connectivity index (χ0v) is 13.7. The first-order valence-corrected chi connectivity index (χ1v) is 7.49. The molecule has 0 aliphatic heterocycles. The smallest absolute Gasteiger partial charge is 0.255 e. The number of carbonyl (C=O) groups excluding carboxylic acids is 2. The van der Waals surface area contributed by atoms with Gasteiger partial charge in [0.05, 0.1) is 19.8 Å². The molecule has 0 saturated heterocycles. The summed E-state index contributed by atoms with van der Waals surface area (Å²) in [5.74, 6) is 0.559. The van der Waals surface area contributed by atoms with E-state index in [-0.39, 0.29) is 11.8 Å². The summed E-state index contributed by atoms with van der Waals surface area (Å²) in [7, 11) is 3.03. The van der Waals surface area contributed by atoms with Crippen LogP contribution in [0.4, 0.5) is 0 Å². The number of ether oxygens (including phenoxy) is 2. The maximum Gasteiger partial charge on any atom is 0.255 e. The molecule has 2 N–H and O–H groups in total. The van der Waals surface area contributed by atoms with Crippen molar-refractivity contribution in [3.8, 4) is 11.5 Å². The topological polar surface area (TPSA) is 76.7 Å². The van der Waals surface area contributed by atoms with Gasteiger partial charge in [-0.2, -0.15) is 0 Å². The molecule has 6 heteroatoms. The van der Waals surface area contributed by atoms with Crippen LogP contribution in [-0.2, 0) is 0 Å². The van der Waals surface area contributed by atoms with E-state index >= 15 is 0 Å². The maximum absolute atomic E-state index is 12.2. The molecule has 0 aliphatic rings. The van der Waals surface area contributed by atoms with E-state index in [0.717, 1.165) is 0 Å². The van der Waals surface area contributed by atoms with E-state index in [0.29, 0.717) is 35.7 Å². The van der Waals surface area contributed by atoms with E-state index < -0.39 is 0 Å². The molecule has 0 heterocycles. The van der Waals surface area contributed by atoms with Crippen LogP contribution in [0.15, 0.2) is 48.5 Å². The molecular formula is C18H20N2O4. The highest BCUT2D eigenvalue weighted by molar-refractivity contribution is 5.97. The minimum Gasteiger partial charge on any atom is -0.497 e. The third kappa shape index (κ3) is 4.49. The van der Waals surface area contributed by atoms with Crippen LogP contribution in [0, 0.1) is 0 Å². The fourth-order valence-electron chi connectivity index (χ4n) is 2.13. The minimum absolute atomic E-state index is 0.177. The molecule has 0 saturated carbocycles. The molecule has 0 atom stereocenters. The Hall–Kier alpha value is -3.02. The van der Waals surface area contributed by atoms with Crippen molar-refractivity contribution in [2.45, 2.75) is 0 Å². The normalized spacial score (nSPS) is 9.92. The number of amides is 2. The van der Waals surface area contributed by atoms with E-state index in [2.05, 4.69) is 10.6 Å². The van der Waals surface area contributed by atoms with Crippen LogP contribution < -0.4 is 20.1 Å². The molecule has 2 aromatic carbocycles. The van der Waals surface area contributed by atoms with Crippen molar-refractivity contribution < 1.29 is 19.1 Å². The molecule has 126 valence electrons. The van der Waals surface area contributed by atoms with E-state index in [1.165, 1.54) is 14.2 Å². The molecule has 0 fully saturated rings. The lowest BCUT2D eigenvalue weighted by Gasteiger charge is -2.11. The number of nitrogens with one attached hydrogen (secondary N) is 2. The van der Waals surface area contributed by atoms with E-state index in [1.807, 2.05) is 6.07 Å². The Bertz CT molecular complexity index is 701. The predicted octanol–water partition coefficient (Wildman–Crippen LogP) is 1.86. The fraction of sp³-hybridized carbons (Fsp3) is 0.222. The molecule has 2 aromatic rings. The van der Waals surface area contributed by atoms with Gasteiger partial charge in [0, 0.05) is 18.7 Å². The molecule has 0 aromatic heterocycles. The minimum atomic E-state index is -0.292. The molecule has 0 unspecified atom stereocenters. The summed E-state index contributed by atoms with van der Waals surface area (Å²) in [5.41, 5.74) is 0.963. The quantitative estimate of drug-likeness (QED) is 0.761. The fourth-order valence-corrected chi connectivity index (χ4v) is 2.13. The van der Waals surface area contributed by atoms with Crippen LogP contribution in [0.2, 0.25) is 0 Å². The Morgan fingerprint density at radius 2 is 1.54 bits per heavy atom. The number of rotatable bonds is 7. The van der Waals surface area contributed by atoms with E-state index in [1.54, 1.807) is 42.5 Å². The first kappa shape index (κ1) is 17.3. The molecule has 0 spiro atoms. The molecule has 0 bridgehead atoms. The summed E-state index contributed by atoms with van der Waals surface area (Å²) >= 11 is 0. The van der Waals surface area contributed by atoms with Crippen molar-refractivity contribution in [2.24, 2.45) is 0 Å². The summed E-state index contributed by atoms with van der Waals surface area (Å²) in [6.07, 6.45) is 0. The lowest BCUT2D eigenvalue weighted by atomic mass is 10.1. The van der Waals surface area contributed by atoms with Crippen LogP contribution in [0.25, 0.3) is 0 Å². The SMILES string of the molecule is COc1ccc(OC)c(C(=O)NCCNC(=O)c2ccccc2)c1. The highest BCUT2D eigenvalue weighted by Gasteiger charge is 2.13. The second-order valence-electron chi connectivity index (χ2n) is 4.94. The zero-order valence-electron chi connectivity index (χ0n) is 13.7. The highest BCUT2D eigenvalue weighted by Crippen LogP contribution is 2.23. The summed E-state index contributed by atoms with van der Waals surface area (Å²) in [5, 5.41) is 5.49. The number of methoxy groups -OCH3 is 2. The van der Waals surface area contributed by atoms with Gasteiger partial charge < -0.3 is 20.1 Å². The van der Waals surface area contributed by atoms with Crippen molar-refractivity contribution in [3.05, 3.63) is 59.7 Å². The van der Waals surface area contributed by atoms with Crippen LogP contribution in [0.1, 0.15) is 20.7 Å². The molecule has 24 heavy (non-hydrogen) atoms. The molecule has 2 rings (SSSR count). The Kier molecular flexibility index (Phi) is 6.19. The summed E-state index contributed by atoms with van der Waals surface area (Å²) in [6.45, 7) is 0.628. The van der Waals surface area contributed by atoms with Gasteiger partial charge in [0.2, 0.25) is 0 Å². The molecule has 2 amide bonds. The summed E-state index contributed by atoms with van der Waals surface area (Å²) in [6, 6.07) is 13.9. The Morgan fingerprint density at radius 1 is 0.875 bits per heavy atom. The first-order chi connectivity index (χ1) is 11.7. The van der Waals surface area contributed by atoms with Crippen molar-refractivity contribution in [3.63, 3.8) is 0 Å². The van der Waals surface area contributed by atoms with Crippen molar-refractivity contribution in [2.75, 3.05) is 27.3 Å². The second-order valence-corrected chi connectivity index (χ2v) is 4.94. The molecular weight excluding hydrogens is 308 g/mol. The van der Waals surface area contributed by atoms with Crippen LogP contribution in [0.5, 0.6) is 11.5 Å². The van der Waals surface area contributed by atoms with Gasteiger partial charge >= 0.3 is 0 Å². The number of hydrogen-bond donors (Lipinski definition) is 2. The average molecular weight is 328 g/mol. The van der Waals surface area contributed by atoms with E-state index in [9.17, 15) is 9.59 Å². The lowest BCUT2D eigenvalue weighted by Crippen LogP contribution is -2.34. The van der Waals surface area contributed by atoms with Gasteiger partial charge in [-0.05, 0) is 30.3 Å². The Balaban J connectivity index is 1.86. The Labute approximate surface area is 140 Å². The third-order valence-corrected chi connectivity index (χ3v) is 3.38. The molecule has 0 radical (unpaired) electrons. The maximum atomic E-state index is 12.2. The average Bonchev–Trinajstić information content (AvgIpc) is 2.64. The van der Waals surface area contributed by atoms with E-state index in [4.69, 9.17) is 9.47 Å². The number of hydrogen-bond acceptors (Lipinski definition) is 4.